The van der Waals surface area contributed by atoms with Crippen molar-refractivity contribution in [2.45, 2.75) is 63.2 Å². The fourth-order valence-corrected chi connectivity index (χ4v) is 3.19. The van der Waals surface area contributed by atoms with Crippen LogP contribution >= 0.6 is 12.4 Å². The molecule has 2 fully saturated rings. The van der Waals surface area contributed by atoms with Crippen molar-refractivity contribution in [2.75, 3.05) is 6.54 Å². The highest BCUT2D eigenvalue weighted by molar-refractivity contribution is 5.85. The summed E-state index contributed by atoms with van der Waals surface area (Å²) in [4.78, 5) is 23.3. The molecule has 1 saturated carbocycles. The molecule has 4 atom stereocenters. The van der Waals surface area contributed by atoms with Crippen LogP contribution in [0.2, 0.25) is 0 Å². The Labute approximate surface area is 131 Å². The monoisotopic (exact) mass is 319 g/mol. The maximum absolute atomic E-state index is 12.2. The highest BCUT2D eigenvalue weighted by Gasteiger charge is 2.38. The van der Waals surface area contributed by atoms with Gasteiger partial charge in [0.25, 0.3) is 0 Å². The molecular formula is C14H26ClN3O3. The topological polar surface area (TPSA) is 107 Å². The maximum Gasteiger partial charge on any atom is 0.246 e. The highest BCUT2D eigenvalue weighted by atomic mass is 35.5. The Hall–Kier alpha value is -0.850. The van der Waals surface area contributed by atoms with Gasteiger partial charge in [-0.15, -0.1) is 12.4 Å². The number of hydrogen-bond acceptors (Lipinski definition) is 4. The van der Waals surface area contributed by atoms with Crippen molar-refractivity contribution in [1.82, 2.24) is 5.32 Å². The average Bonchev–Trinajstić information content (AvgIpc) is 2.84. The number of nitrogens with two attached hydrogens (primary N) is 2. The quantitative estimate of drug-likeness (QED) is 0.699. The van der Waals surface area contributed by atoms with Gasteiger partial charge >= 0.3 is 0 Å². The Balaban J connectivity index is 0.00000220. The summed E-state index contributed by atoms with van der Waals surface area (Å²) in [5.74, 6) is -0.564. The van der Waals surface area contributed by atoms with E-state index in [1.165, 1.54) is 0 Å². The summed E-state index contributed by atoms with van der Waals surface area (Å²) < 4.78 is 5.49. The Kier molecular flexibility index (Phi) is 6.43. The molecule has 2 rings (SSSR count). The van der Waals surface area contributed by atoms with Gasteiger partial charge in [-0.3, -0.25) is 9.59 Å². The zero-order chi connectivity index (χ0) is 14.8. The van der Waals surface area contributed by atoms with Crippen LogP contribution in [0.4, 0.5) is 0 Å². The standard InChI is InChI=1S/C14H25N3O3.ClH/c1-14(16)7-3-2-4-10(14)13(19)17-8-9-5-6-11(20-9)12(15)18;/h9-11H,2-8,16H2,1H3,(H2,15,18)(H,17,19);1H. The Morgan fingerprint density at radius 1 is 1.29 bits per heavy atom. The minimum atomic E-state index is -0.508. The Morgan fingerprint density at radius 2 is 2.00 bits per heavy atom. The smallest absolute Gasteiger partial charge is 0.246 e. The molecule has 0 radical (unpaired) electrons. The molecule has 0 aromatic rings. The van der Waals surface area contributed by atoms with Crippen molar-refractivity contribution in [3.8, 4) is 0 Å². The predicted molar refractivity (Wildman–Crippen MR) is 81.9 cm³/mol. The van der Waals surface area contributed by atoms with Crippen molar-refractivity contribution in [1.29, 1.82) is 0 Å². The van der Waals surface area contributed by atoms with Crippen LogP contribution in [0.1, 0.15) is 45.4 Å². The van der Waals surface area contributed by atoms with Crippen molar-refractivity contribution >= 4 is 24.2 Å². The summed E-state index contributed by atoms with van der Waals surface area (Å²) in [5, 5.41) is 2.91. The molecule has 2 amide bonds. The fraction of sp³-hybridized carbons (Fsp3) is 0.857. The zero-order valence-corrected chi connectivity index (χ0v) is 13.3. The van der Waals surface area contributed by atoms with Gasteiger partial charge in [-0.1, -0.05) is 12.8 Å². The van der Waals surface area contributed by atoms with E-state index in [1.54, 1.807) is 0 Å². The van der Waals surface area contributed by atoms with Gasteiger partial charge in [-0.2, -0.15) is 0 Å². The van der Waals surface area contributed by atoms with E-state index in [0.29, 0.717) is 13.0 Å². The second-order valence-corrected chi connectivity index (χ2v) is 6.28. The summed E-state index contributed by atoms with van der Waals surface area (Å²) in [6.45, 7) is 2.38. The molecule has 122 valence electrons. The largest absolute Gasteiger partial charge is 0.367 e. The average molecular weight is 320 g/mol. The molecule has 6 nitrogen and oxygen atoms in total. The first-order valence-corrected chi connectivity index (χ1v) is 7.41. The number of carbonyl (C=O) groups is 2. The molecule has 1 saturated heterocycles. The number of hydrogen-bond donors (Lipinski definition) is 3. The lowest BCUT2D eigenvalue weighted by Gasteiger charge is -2.37. The Morgan fingerprint density at radius 3 is 2.57 bits per heavy atom. The summed E-state index contributed by atoms with van der Waals surface area (Å²) in [5.41, 5.74) is 11.0. The molecule has 0 aromatic carbocycles. The molecule has 1 aliphatic carbocycles. The highest BCUT2D eigenvalue weighted by Crippen LogP contribution is 2.31. The Bertz CT molecular complexity index is 390. The van der Waals surface area contributed by atoms with Crippen molar-refractivity contribution in [3.63, 3.8) is 0 Å². The van der Waals surface area contributed by atoms with E-state index in [1.807, 2.05) is 6.92 Å². The van der Waals surface area contributed by atoms with E-state index in [-0.39, 0.29) is 30.3 Å². The van der Waals surface area contributed by atoms with Crippen LogP contribution in [0.3, 0.4) is 0 Å². The molecule has 0 aromatic heterocycles. The molecule has 2 aliphatic rings. The minimum Gasteiger partial charge on any atom is -0.367 e. The summed E-state index contributed by atoms with van der Waals surface area (Å²) in [6, 6.07) is 0. The van der Waals surface area contributed by atoms with Crippen LogP contribution in [0.25, 0.3) is 0 Å². The number of carbonyl (C=O) groups excluding carboxylic acids is 2. The lowest BCUT2D eigenvalue weighted by Crippen LogP contribution is -2.53. The van der Waals surface area contributed by atoms with Gasteiger partial charge in [0.2, 0.25) is 11.8 Å². The van der Waals surface area contributed by atoms with E-state index < -0.39 is 17.6 Å². The van der Waals surface area contributed by atoms with Crippen molar-refractivity contribution in [2.24, 2.45) is 17.4 Å². The first kappa shape index (κ1) is 18.2. The molecule has 0 spiro atoms. The summed E-state index contributed by atoms with van der Waals surface area (Å²) in [7, 11) is 0. The van der Waals surface area contributed by atoms with Gasteiger partial charge in [-0.05, 0) is 32.6 Å². The number of primary amides is 1. The van der Waals surface area contributed by atoms with Crippen molar-refractivity contribution < 1.29 is 14.3 Å². The second-order valence-electron chi connectivity index (χ2n) is 6.28. The van der Waals surface area contributed by atoms with E-state index in [0.717, 1.165) is 32.1 Å². The van der Waals surface area contributed by atoms with Crippen LogP contribution in [-0.4, -0.2) is 36.1 Å². The van der Waals surface area contributed by atoms with E-state index in [4.69, 9.17) is 16.2 Å². The number of halogens is 1. The summed E-state index contributed by atoms with van der Waals surface area (Å²) >= 11 is 0. The zero-order valence-electron chi connectivity index (χ0n) is 12.5. The number of nitrogens with one attached hydrogen (secondary N) is 1. The maximum atomic E-state index is 12.2. The third kappa shape index (κ3) is 4.56. The molecule has 1 aliphatic heterocycles. The molecule has 7 heteroatoms. The van der Waals surface area contributed by atoms with Gasteiger partial charge < -0.3 is 21.5 Å². The first-order chi connectivity index (χ1) is 9.40. The van der Waals surface area contributed by atoms with Gasteiger partial charge in [0.05, 0.1) is 12.0 Å². The van der Waals surface area contributed by atoms with Crippen LogP contribution in [0.5, 0.6) is 0 Å². The van der Waals surface area contributed by atoms with Gasteiger partial charge in [0.1, 0.15) is 6.10 Å². The molecular weight excluding hydrogens is 294 g/mol. The number of ether oxygens (including phenoxy) is 1. The molecule has 4 unspecified atom stereocenters. The van der Waals surface area contributed by atoms with E-state index in [2.05, 4.69) is 5.32 Å². The molecule has 0 bridgehead atoms. The van der Waals surface area contributed by atoms with Gasteiger partial charge in [0.15, 0.2) is 0 Å². The SMILES string of the molecule is CC1(N)CCCCC1C(=O)NCC1CCC(C(N)=O)O1.Cl. The van der Waals surface area contributed by atoms with Crippen LogP contribution < -0.4 is 16.8 Å². The number of rotatable bonds is 4. The lowest BCUT2D eigenvalue weighted by molar-refractivity contribution is -0.130. The van der Waals surface area contributed by atoms with Crippen LogP contribution in [0, 0.1) is 5.92 Å². The molecule has 21 heavy (non-hydrogen) atoms. The van der Waals surface area contributed by atoms with E-state index >= 15 is 0 Å². The number of amides is 2. The third-order valence-corrected chi connectivity index (χ3v) is 4.50. The van der Waals surface area contributed by atoms with Crippen LogP contribution in [0.15, 0.2) is 0 Å². The molecule has 1 heterocycles. The predicted octanol–water partition coefficient (Wildman–Crippen LogP) is 0.465. The molecule has 5 N–H and O–H groups in total. The van der Waals surface area contributed by atoms with Gasteiger partial charge in [-0.25, -0.2) is 0 Å². The third-order valence-electron chi connectivity index (χ3n) is 4.50. The minimum absolute atomic E-state index is 0. The second kappa shape index (κ2) is 7.42. The fourth-order valence-electron chi connectivity index (χ4n) is 3.19. The van der Waals surface area contributed by atoms with Crippen LogP contribution in [-0.2, 0) is 14.3 Å². The summed E-state index contributed by atoms with van der Waals surface area (Å²) in [6.07, 6.45) is 4.61. The normalized spacial score (nSPS) is 35.8. The van der Waals surface area contributed by atoms with Crippen molar-refractivity contribution in [3.05, 3.63) is 0 Å². The lowest BCUT2D eigenvalue weighted by atomic mass is 9.74. The first-order valence-electron chi connectivity index (χ1n) is 7.41. The van der Waals surface area contributed by atoms with Gasteiger partial charge in [0, 0.05) is 12.1 Å². The van der Waals surface area contributed by atoms with E-state index in [9.17, 15) is 9.59 Å².